The second-order valence-electron chi connectivity index (χ2n) is 14.3. The Morgan fingerprint density at radius 1 is 1.02 bits per heavy atom. The van der Waals surface area contributed by atoms with E-state index in [9.17, 15) is 38.7 Å². The minimum atomic E-state index is -1.26. The van der Waals surface area contributed by atoms with Gasteiger partial charge in [-0.1, -0.05) is 45.0 Å². The first-order chi connectivity index (χ1) is 25.0. The van der Waals surface area contributed by atoms with Gasteiger partial charge in [-0.3, -0.25) is 33.6 Å². The van der Waals surface area contributed by atoms with E-state index < -0.39 is 77.0 Å². The molecule has 18 heteroatoms. The van der Waals surface area contributed by atoms with Gasteiger partial charge < -0.3 is 42.7 Å². The standard InChI is InChI=1S/C35H48N8O8S2/c1-18-28(53-17-39-18)20-7-5-19(6-8-20)27-33(50)38-10-9-22(44)11-21(13-36)31(48)40-24(30(37)47)15-52-16-26(46)41-29(35(2,3)4)34(51)43-14-23(45)12-25(43)32(49)42-27/h5-8,17,21,23-25,27,29,45H,9-16,36H2,1-4H3,(H2,37,47)(H,38,50)(H,40,48)(H,41,46)(H,42,49)/t21-,23-,24-,25+,27?,29-/m1/s1. The van der Waals surface area contributed by atoms with Crippen molar-refractivity contribution in [3.8, 4) is 10.4 Å². The Hall–Kier alpha value is -4.39. The number of aryl methyl sites for hydroxylation is 1. The largest absolute Gasteiger partial charge is 0.391 e. The number of aliphatic hydroxyl groups excluding tert-OH is 1. The first-order valence-electron chi connectivity index (χ1n) is 17.3. The normalized spacial score (nSPS) is 26.3. The van der Waals surface area contributed by atoms with Crippen molar-refractivity contribution in [1.82, 2.24) is 31.2 Å². The Morgan fingerprint density at radius 2 is 1.72 bits per heavy atom. The Kier molecular flexibility index (Phi) is 14.1. The molecule has 53 heavy (non-hydrogen) atoms. The molecule has 2 aliphatic heterocycles. The van der Waals surface area contributed by atoms with E-state index in [0.29, 0.717) is 5.56 Å². The van der Waals surface area contributed by atoms with E-state index in [1.54, 1.807) is 50.5 Å². The molecule has 3 heterocycles. The van der Waals surface area contributed by atoms with Crippen molar-refractivity contribution >= 4 is 64.3 Å². The monoisotopic (exact) mass is 772 g/mol. The summed E-state index contributed by atoms with van der Waals surface area (Å²) in [6, 6.07) is 2.24. The van der Waals surface area contributed by atoms with Crippen LogP contribution in [0, 0.1) is 18.3 Å². The van der Waals surface area contributed by atoms with Gasteiger partial charge in [-0.2, -0.15) is 0 Å². The number of amides is 6. The number of thiazole rings is 1. The smallest absolute Gasteiger partial charge is 0.247 e. The highest BCUT2D eigenvalue weighted by Gasteiger charge is 2.45. The van der Waals surface area contributed by atoms with Gasteiger partial charge in [0.1, 0.15) is 30.0 Å². The minimum absolute atomic E-state index is 0.0742. The number of ketones is 1. The zero-order valence-corrected chi connectivity index (χ0v) is 31.8. The molecular formula is C35H48N8O8S2. The molecule has 9 N–H and O–H groups in total. The predicted molar refractivity (Wildman–Crippen MR) is 199 cm³/mol. The molecule has 1 unspecified atom stereocenters. The van der Waals surface area contributed by atoms with Crippen molar-refractivity contribution in [3.63, 3.8) is 0 Å². The Morgan fingerprint density at radius 3 is 2.32 bits per heavy atom. The Bertz CT molecular complexity index is 1690. The first-order valence-corrected chi connectivity index (χ1v) is 19.3. The molecule has 0 radical (unpaired) electrons. The maximum Gasteiger partial charge on any atom is 0.247 e. The lowest BCUT2D eigenvalue weighted by Crippen LogP contribution is -2.58. The van der Waals surface area contributed by atoms with Gasteiger partial charge in [0.05, 0.1) is 33.9 Å². The highest BCUT2D eigenvalue weighted by Crippen LogP contribution is 2.30. The highest BCUT2D eigenvalue weighted by atomic mass is 32.2. The van der Waals surface area contributed by atoms with Crippen molar-refractivity contribution in [1.29, 1.82) is 0 Å². The number of aromatic nitrogens is 1. The van der Waals surface area contributed by atoms with Crippen LogP contribution in [-0.2, 0) is 33.6 Å². The summed E-state index contributed by atoms with van der Waals surface area (Å²) in [5.74, 6) is -5.66. The second kappa shape index (κ2) is 18.1. The number of thioether (sulfide) groups is 1. The van der Waals surface area contributed by atoms with Crippen LogP contribution in [0.3, 0.4) is 0 Å². The summed E-state index contributed by atoms with van der Waals surface area (Å²) in [7, 11) is 0. The molecule has 0 spiro atoms. The number of primary amides is 1. The van der Waals surface area contributed by atoms with Crippen LogP contribution >= 0.6 is 23.1 Å². The zero-order valence-electron chi connectivity index (χ0n) is 30.2. The number of Topliss-reactive ketones (excluding diaryl/α,β-unsaturated/α-hetero) is 1. The van der Waals surface area contributed by atoms with Crippen molar-refractivity contribution in [2.45, 2.75) is 77.2 Å². The van der Waals surface area contributed by atoms with Crippen LogP contribution < -0.4 is 32.7 Å². The maximum absolute atomic E-state index is 14.1. The molecule has 2 aliphatic rings. The number of rotatable bonds is 4. The van der Waals surface area contributed by atoms with Gasteiger partial charge in [0.25, 0.3) is 0 Å². The summed E-state index contributed by atoms with van der Waals surface area (Å²) in [6.07, 6.45) is -1.57. The van der Waals surface area contributed by atoms with Crippen molar-refractivity contribution < 1.29 is 38.7 Å². The van der Waals surface area contributed by atoms with E-state index in [0.717, 1.165) is 27.9 Å². The molecule has 1 aromatic heterocycles. The van der Waals surface area contributed by atoms with Crippen LogP contribution in [0.2, 0.25) is 0 Å². The van der Waals surface area contributed by atoms with Crippen LogP contribution in [-0.4, -0.2) is 112 Å². The summed E-state index contributed by atoms with van der Waals surface area (Å²) < 4.78 is 0. The van der Waals surface area contributed by atoms with Gasteiger partial charge >= 0.3 is 0 Å². The SMILES string of the molecule is Cc1ncsc1-c1ccc(C2NC(=O)[C@@H]3C[C@@H](O)CN3C(=O)[C@H](C(C)(C)C)NC(=O)CSC[C@H](C(N)=O)NC(=O)[C@@H](CN)CC(=O)CCNC2=O)cc1. The van der Waals surface area contributed by atoms with Crippen molar-refractivity contribution in [2.24, 2.45) is 22.8 Å². The van der Waals surface area contributed by atoms with Gasteiger partial charge in [0.15, 0.2) is 0 Å². The fourth-order valence-electron chi connectivity index (χ4n) is 6.11. The fourth-order valence-corrected chi connectivity index (χ4v) is 7.79. The fraction of sp³-hybridized carbons (Fsp3) is 0.543. The van der Waals surface area contributed by atoms with E-state index in [1.807, 2.05) is 6.92 Å². The summed E-state index contributed by atoms with van der Waals surface area (Å²) in [5, 5.41) is 21.4. The number of hydrogen-bond donors (Lipinski definition) is 7. The summed E-state index contributed by atoms with van der Waals surface area (Å²) in [4.78, 5) is 99.5. The third kappa shape index (κ3) is 10.8. The molecule has 4 rings (SSSR count). The quantitative estimate of drug-likeness (QED) is 0.209. The number of hydrogen-bond acceptors (Lipinski definition) is 12. The third-order valence-corrected chi connectivity index (χ3v) is 11.1. The number of nitrogens with zero attached hydrogens (tertiary/aromatic N) is 2. The molecule has 16 nitrogen and oxygen atoms in total. The van der Waals surface area contributed by atoms with Crippen LogP contribution in [0.15, 0.2) is 29.8 Å². The van der Waals surface area contributed by atoms with Crippen LogP contribution in [0.5, 0.6) is 0 Å². The molecule has 288 valence electrons. The number of aliphatic hydroxyl groups is 1. The van der Waals surface area contributed by atoms with Gasteiger partial charge in [-0.15, -0.1) is 23.1 Å². The lowest BCUT2D eigenvalue weighted by Gasteiger charge is -2.35. The van der Waals surface area contributed by atoms with Crippen molar-refractivity contribution in [3.05, 3.63) is 41.0 Å². The van der Waals surface area contributed by atoms with E-state index >= 15 is 0 Å². The molecule has 1 aromatic carbocycles. The summed E-state index contributed by atoms with van der Waals surface area (Å²) in [5.41, 5.74) is 14.3. The van der Waals surface area contributed by atoms with Crippen molar-refractivity contribution in [2.75, 3.05) is 31.1 Å². The lowest BCUT2D eigenvalue weighted by molar-refractivity contribution is -0.144. The van der Waals surface area contributed by atoms with Gasteiger partial charge in [-0.05, 0) is 23.5 Å². The molecule has 0 saturated carbocycles. The average molecular weight is 773 g/mol. The number of carbonyl (C=O) groups excluding carboxylic acids is 7. The number of fused-ring (bicyclic) bond motifs is 1. The number of carbonyl (C=O) groups is 7. The number of nitrogens with two attached hydrogens (primary N) is 2. The number of nitrogens with one attached hydrogen (secondary N) is 4. The molecule has 2 aromatic rings. The van der Waals surface area contributed by atoms with Gasteiger partial charge in [0.2, 0.25) is 35.4 Å². The van der Waals surface area contributed by atoms with Crippen LogP contribution in [0.4, 0.5) is 0 Å². The molecular weight excluding hydrogens is 725 g/mol. The van der Waals surface area contributed by atoms with E-state index in [2.05, 4.69) is 26.3 Å². The molecule has 0 bridgehead atoms. The molecule has 6 amide bonds. The van der Waals surface area contributed by atoms with Crippen LogP contribution in [0.1, 0.15) is 57.3 Å². The van der Waals surface area contributed by atoms with E-state index in [-0.39, 0.29) is 56.2 Å². The van der Waals surface area contributed by atoms with Crippen LogP contribution in [0.25, 0.3) is 10.4 Å². The zero-order chi connectivity index (χ0) is 39.0. The maximum atomic E-state index is 14.1. The third-order valence-electron chi connectivity index (χ3n) is 9.09. The first kappa shape index (κ1) is 41.4. The minimum Gasteiger partial charge on any atom is -0.391 e. The van der Waals surface area contributed by atoms with Gasteiger partial charge in [-0.25, -0.2) is 4.98 Å². The molecule has 6 atom stereocenters. The lowest BCUT2D eigenvalue weighted by atomic mass is 9.85. The topological polar surface area (TPSA) is 256 Å². The summed E-state index contributed by atoms with van der Waals surface area (Å²) in [6.45, 7) is 6.59. The second-order valence-corrected chi connectivity index (χ2v) is 16.2. The summed E-state index contributed by atoms with van der Waals surface area (Å²) >= 11 is 2.46. The molecule has 2 saturated heterocycles. The average Bonchev–Trinajstić information content (AvgIpc) is 3.71. The highest BCUT2D eigenvalue weighted by molar-refractivity contribution is 8.00. The Labute approximate surface area is 316 Å². The van der Waals surface area contributed by atoms with Gasteiger partial charge in [0, 0.05) is 44.6 Å². The predicted octanol–water partition coefficient (Wildman–Crippen LogP) is -0.474. The molecule has 2 fully saturated rings. The molecule has 0 aliphatic carbocycles. The number of benzene rings is 1. The van der Waals surface area contributed by atoms with E-state index in [1.165, 1.54) is 16.2 Å². The van der Waals surface area contributed by atoms with E-state index in [4.69, 9.17) is 11.5 Å². The Balaban J connectivity index is 1.67.